The van der Waals surface area contributed by atoms with Gasteiger partial charge in [-0.1, -0.05) is 5.16 Å². The number of carbonyl (C=O) groups is 3. The van der Waals surface area contributed by atoms with Crippen LogP contribution in [0, 0.1) is 0 Å². The second kappa shape index (κ2) is 14.8. The van der Waals surface area contributed by atoms with E-state index in [4.69, 9.17) is 21.0 Å². The Bertz CT molecular complexity index is 2100. The Kier molecular flexibility index (Phi) is 10.7. The van der Waals surface area contributed by atoms with Crippen molar-refractivity contribution in [1.29, 1.82) is 0 Å². The molecule has 1 fully saturated rings. The number of oxime groups is 1. The van der Waals surface area contributed by atoms with Crippen molar-refractivity contribution in [3.05, 3.63) is 53.7 Å². The Balaban J connectivity index is 1.26. The van der Waals surface area contributed by atoms with Crippen molar-refractivity contribution in [3.63, 3.8) is 0 Å². The summed E-state index contributed by atoms with van der Waals surface area (Å²) in [5.74, 6) is -1.82. The number of rotatable bonds is 16. The van der Waals surface area contributed by atoms with E-state index in [2.05, 4.69) is 30.0 Å². The number of anilines is 3. The van der Waals surface area contributed by atoms with Crippen LogP contribution in [-0.2, 0) is 47.5 Å². The lowest BCUT2D eigenvalue weighted by Crippen LogP contribution is -2.76. The Morgan fingerprint density at radius 2 is 2.00 bits per heavy atom. The molecule has 0 aliphatic carbocycles. The van der Waals surface area contributed by atoms with Gasteiger partial charge in [0.25, 0.3) is 17.9 Å². The summed E-state index contributed by atoms with van der Waals surface area (Å²) in [6.45, 7) is 3.50. The number of ether oxygens (including phenoxy) is 1. The molecule has 7 N–H and O–H groups in total. The van der Waals surface area contributed by atoms with Crippen molar-refractivity contribution in [2.75, 3.05) is 24.2 Å². The standard InChI is InChI=1S/C29H34N10O10S2/c1-29(2)24(26(41)39(29)49-51(44,45)46)35-25(40)23(19-15-50-28(31)33-19)36-48-20(27(42)43)14-47-17-6-7-18-16(13-17)5-8-21(32-18)34-22-9-12-38(37(22)3)11-4-10-30/h5-9,12-13,15,20,24H,4,10-11,14,30H2,1-3H3,(H5,31,33,35,40,42,43,44,45,46)/b36-23-/t20?,24-/m1/s1. The van der Waals surface area contributed by atoms with Crippen LogP contribution in [0.4, 0.5) is 16.8 Å². The molecule has 1 aliphatic heterocycles. The van der Waals surface area contributed by atoms with Crippen LogP contribution in [0.1, 0.15) is 26.0 Å². The van der Waals surface area contributed by atoms with E-state index in [1.807, 2.05) is 34.7 Å². The lowest BCUT2D eigenvalue weighted by molar-refractivity contribution is -0.772. The average molecular weight is 747 g/mol. The van der Waals surface area contributed by atoms with Gasteiger partial charge in [-0.3, -0.25) is 9.59 Å². The lowest BCUT2D eigenvalue weighted by Gasteiger charge is -2.51. The average Bonchev–Trinajstić information content (AvgIpc) is 3.66. The molecule has 0 spiro atoms. The molecule has 1 saturated heterocycles. The van der Waals surface area contributed by atoms with Gasteiger partial charge >= 0.3 is 5.97 Å². The molecule has 1 aromatic carbocycles. The number of nitrogens with one attached hydrogen (secondary N) is 2. The fourth-order valence-electron chi connectivity index (χ4n) is 4.95. The maximum Gasteiger partial charge on any atom is 0.351 e. The van der Waals surface area contributed by atoms with Crippen molar-refractivity contribution in [3.8, 4) is 5.75 Å². The number of aliphatic carboxylic acids is 1. The van der Waals surface area contributed by atoms with Crippen LogP contribution in [0.5, 0.6) is 5.75 Å². The summed E-state index contributed by atoms with van der Waals surface area (Å²) < 4.78 is 46.9. The summed E-state index contributed by atoms with van der Waals surface area (Å²) in [6.07, 6.45) is 1.08. The van der Waals surface area contributed by atoms with Crippen LogP contribution in [0.2, 0.25) is 0 Å². The number of carboxylic acids is 1. The first kappa shape index (κ1) is 36.9. The van der Waals surface area contributed by atoms with Crippen LogP contribution in [0.25, 0.3) is 10.9 Å². The third-order valence-electron chi connectivity index (χ3n) is 7.69. The second-order valence-electron chi connectivity index (χ2n) is 11.6. The second-order valence-corrected chi connectivity index (χ2v) is 13.5. The summed E-state index contributed by atoms with van der Waals surface area (Å²) in [7, 11) is -3.35. The molecule has 51 heavy (non-hydrogen) atoms. The summed E-state index contributed by atoms with van der Waals surface area (Å²) in [5.41, 5.74) is 9.85. The van der Waals surface area contributed by atoms with Gasteiger partial charge in [0.15, 0.2) is 29.4 Å². The highest BCUT2D eigenvalue weighted by atomic mass is 32.3. The molecule has 1 aliphatic rings. The van der Waals surface area contributed by atoms with Crippen LogP contribution < -0.4 is 31.5 Å². The number of nitrogens with two attached hydrogens (primary N) is 2. The number of nitrogen functional groups attached to an aromatic ring is 1. The number of hydrogen-bond donors (Lipinski definition) is 5. The van der Waals surface area contributed by atoms with Crippen molar-refractivity contribution >= 4 is 72.9 Å². The van der Waals surface area contributed by atoms with Gasteiger partial charge in [-0.05, 0) is 50.7 Å². The number of hydrogen-bond acceptors (Lipinski definition) is 16. The number of nitrogens with zero attached hydrogens (tertiary/aromatic N) is 6. The van der Waals surface area contributed by atoms with Crippen LogP contribution in [0.3, 0.4) is 0 Å². The quantitative estimate of drug-likeness (QED) is 0.0247. The molecule has 272 valence electrons. The molecule has 2 atom stereocenters. The number of β-lactam (4-membered cyclic amide) rings is 1. The van der Waals surface area contributed by atoms with E-state index < -0.39 is 58.2 Å². The van der Waals surface area contributed by atoms with Crippen LogP contribution >= 0.6 is 11.3 Å². The van der Waals surface area contributed by atoms with Gasteiger partial charge in [-0.2, -0.15) is 9.35 Å². The normalized spacial score (nSPS) is 16.4. The zero-order chi connectivity index (χ0) is 37.1. The van der Waals surface area contributed by atoms with Crippen LogP contribution in [0.15, 0.2) is 53.1 Å². The van der Waals surface area contributed by atoms with E-state index in [1.165, 1.54) is 19.2 Å². The first-order chi connectivity index (χ1) is 24.1. The summed E-state index contributed by atoms with van der Waals surface area (Å²) >= 11 is 0.948. The predicted molar refractivity (Wildman–Crippen MR) is 179 cm³/mol. The van der Waals surface area contributed by atoms with Gasteiger partial charge in [0.1, 0.15) is 29.9 Å². The van der Waals surface area contributed by atoms with E-state index in [9.17, 15) is 32.5 Å². The first-order valence-electron chi connectivity index (χ1n) is 15.1. The summed E-state index contributed by atoms with van der Waals surface area (Å²) in [5, 5.41) is 21.6. The van der Waals surface area contributed by atoms with Crippen molar-refractivity contribution in [1.82, 2.24) is 25.0 Å². The molecule has 4 heterocycles. The summed E-state index contributed by atoms with van der Waals surface area (Å²) in [4.78, 5) is 51.7. The molecule has 20 nitrogen and oxygen atoms in total. The zero-order valence-corrected chi connectivity index (χ0v) is 29.0. The Hall–Kier alpha value is -5.42. The van der Waals surface area contributed by atoms with Gasteiger partial charge in [0.05, 0.1) is 24.2 Å². The molecule has 5 rings (SSSR count). The number of carbonyl (C=O) groups excluding carboxylic acids is 2. The number of pyridine rings is 1. The van der Waals surface area contributed by atoms with Gasteiger partial charge in [0, 0.05) is 17.2 Å². The van der Waals surface area contributed by atoms with Crippen molar-refractivity contribution in [2.45, 2.75) is 44.5 Å². The molecule has 4 aromatic rings. The fourth-order valence-corrected chi connectivity index (χ4v) is 5.95. The number of carboxylic acid groups (broad SMARTS) is 1. The van der Waals surface area contributed by atoms with Crippen molar-refractivity contribution in [2.24, 2.45) is 17.9 Å². The number of fused-ring (bicyclic) bond motifs is 1. The molecule has 2 amide bonds. The van der Waals surface area contributed by atoms with Gasteiger partial charge < -0.3 is 41.3 Å². The van der Waals surface area contributed by atoms with E-state index in [-0.39, 0.29) is 10.8 Å². The monoisotopic (exact) mass is 746 g/mol. The molecule has 1 unspecified atom stereocenters. The number of aromatic nitrogens is 4. The number of benzene rings is 1. The Morgan fingerprint density at radius 1 is 1.24 bits per heavy atom. The highest BCUT2D eigenvalue weighted by Crippen LogP contribution is 2.33. The highest BCUT2D eigenvalue weighted by Gasteiger charge is 2.57. The smallest absolute Gasteiger partial charge is 0.351 e. The number of hydroxylamine groups is 2. The van der Waals surface area contributed by atoms with Crippen molar-refractivity contribution < 1.29 is 51.0 Å². The van der Waals surface area contributed by atoms with Crippen LogP contribution in [-0.4, -0.2) is 92.1 Å². The molecule has 3 aromatic heterocycles. The van der Waals surface area contributed by atoms with E-state index in [0.717, 1.165) is 30.1 Å². The van der Waals surface area contributed by atoms with E-state index in [1.54, 1.807) is 24.3 Å². The number of thiazole rings is 1. The summed E-state index contributed by atoms with van der Waals surface area (Å²) in [6, 6.07) is 9.14. The zero-order valence-electron chi connectivity index (χ0n) is 27.4. The molecule has 0 saturated carbocycles. The topological polar surface area (TPSA) is 283 Å². The Labute approximate surface area is 294 Å². The molecule has 0 bridgehead atoms. The maximum absolute atomic E-state index is 13.3. The number of amides is 2. The minimum absolute atomic E-state index is 0.0454. The molecule has 22 heteroatoms. The Morgan fingerprint density at radius 3 is 2.65 bits per heavy atom. The van der Waals surface area contributed by atoms with Gasteiger partial charge in [-0.15, -0.1) is 20.7 Å². The lowest BCUT2D eigenvalue weighted by atomic mass is 9.84. The molecular formula is C29H34N10O10S2. The van der Waals surface area contributed by atoms with Gasteiger partial charge in [-0.25, -0.2) is 23.2 Å². The first-order valence-corrected chi connectivity index (χ1v) is 17.3. The largest absolute Gasteiger partial charge is 0.724 e. The predicted octanol–water partition coefficient (Wildman–Crippen LogP) is -0.258. The van der Waals surface area contributed by atoms with Gasteiger partial charge in [0.2, 0.25) is 10.4 Å². The minimum Gasteiger partial charge on any atom is -0.724 e. The minimum atomic E-state index is -5.28. The fraction of sp³-hybridized carbons (Fsp3) is 0.345. The molecule has 0 radical (unpaired) electrons. The highest BCUT2D eigenvalue weighted by molar-refractivity contribution is 7.80. The maximum atomic E-state index is 13.3. The third kappa shape index (κ3) is 8.49. The van der Waals surface area contributed by atoms with E-state index >= 15 is 0 Å². The third-order valence-corrected chi connectivity index (χ3v) is 8.70. The number of aryl methyl sites for hydroxylation is 1. The van der Waals surface area contributed by atoms with E-state index in [0.29, 0.717) is 34.1 Å². The SMILES string of the molecule is Cn1c(Nc2ccc3cc(OCC(O/N=C(\C(=O)N[C@@H]4C(=O)N(OS(=O)(=O)[O-])C4(C)C)c4csc(N)n4)C(=O)O)ccc3n2)cc[n+]1CCCN. The molecular weight excluding hydrogens is 713 g/mol.